The normalized spacial score (nSPS) is 17.8. The van der Waals surface area contributed by atoms with Crippen LogP contribution >= 0.6 is 0 Å². The van der Waals surface area contributed by atoms with Crippen molar-refractivity contribution in [2.75, 3.05) is 18.1 Å². The van der Waals surface area contributed by atoms with E-state index in [1.807, 2.05) is 19.1 Å². The maximum Gasteiger partial charge on any atom is 0.306 e. The molecule has 1 fully saturated rings. The Kier molecular flexibility index (Phi) is 5.25. The van der Waals surface area contributed by atoms with E-state index in [2.05, 4.69) is 15.1 Å². The summed E-state index contributed by atoms with van der Waals surface area (Å²) in [6, 6.07) is 4.01. The number of ketones is 1. The van der Waals surface area contributed by atoms with Gasteiger partial charge < -0.3 is 14.4 Å². The lowest BCUT2D eigenvalue weighted by molar-refractivity contribution is -0.145. The summed E-state index contributed by atoms with van der Waals surface area (Å²) in [6.07, 6.45) is 2.42. The van der Waals surface area contributed by atoms with Gasteiger partial charge in [0.05, 0.1) is 18.2 Å². The van der Waals surface area contributed by atoms with E-state index in [-0.39, 0.29) is 30.6 Å². The van der Waals surface area contributed by atoms with Crippen molar-refractivity contribution >= 4 is 17.6 Å². The fraction of sp³-hybridized carbons (Fsp3) is 0.600. The Bertz CT molecular complexity index is 501. The number of anilines is 1. The fourth-order valence-electron chi connectivity index (χ4n) is 2.40. The van der Waals surface area contributed by atoms with Crippen LogP contribution in [0.3, 0.4) is 0 Å². The molecule has 1 aliphatic rings. The van der Waals surface area contributed by atoms with E-state index >= 15 is 0 Å². The summed E-state index contributed by atoms with van der Waals surface area (Å²) in [6.45, 7) is 4.61. The molecule has 0 saturated carbocycles. The molecule has 6 nitrogen and oxygen atoms in total. The van der Waals surface area contributed by atoms with Crippen LogP contribution < -0.4 is 4.90 Å². The van der Waals surface area contributed by atoms with Gasteiger partial charge in [-0.15, -0.1) is 5.10 Å². The second kappa shape index (κ2) is 7.15. The minimum Gasteiger partial charge on any atom is -0.463 e. The van der Waals surface area contributed by atoms with Gasteiger partial charge in [-0.25, -0.2) is 0 Å². The van der Waals surface area contributed by atoms with Crippen LogP contribution in [0, 0.1) is 6.92 Å². The van der Waals surface area contributed by atoms with Gasteiger partial charge in [-0.05, 0) is 38.8 Å². The van der Waals surface area contributed by atoms with Crippen molar-refractivity contribution < 1.29 is 14.3 Å². The van der Waals surface area contributed by atoms with Crippen LogP contribution in [0.2, 0.25) is 0 Å². The summed E-state index contributed by atoms with van der Waals surface area (Å²) in [5, 5.41) is 8.25. The van der Waals surface area contributed by atoms with Gasteiger partial charge in [-0.3, -0.25) is 4.79 Å². The zero-order chi connectivity index (χ0) is 15.2. The molecule has 0 aromatic carbocycles. The van der Waals surface area contributed by atoms with Crippen LogP contribution in [0.4, 0.5) is 5.82 Å². The molecule has 0 radical (unpaired) electrons. The van der Waals surface area contributed by atoms with E-state index in [1.165, 1.54) is 6.92 Å². The molecular weight excluding hydrogens is 270 g/mol. The van der Waals surface area contributed by atoms with Crippen molar-refractivity contribution in [3.8, 4) is 0 Å². The van der Waals surface area contributed by atoms with E-state index in [1.54, 1.807) is 0 Å². The number of rotatable bonds is 6. The Labute approximate surface area is 124 Å². The first-order valence-electron chi connectivity index (χ1n) is 7.28. The Balaban J connectivity index is 1.86. The molecule has 1 aliphatic heterocycles. The molecule has 0 N–H and O–H groups in total. The first-order valence-corrected chi connectivity index (χ1v) is 7.28. The highest BCUT2D eigenvalue weighted by Crippen LogP contribution is 2.23. The van der Waals surface area contributed by atoms with Gasteiger partial charge in [-0.1, -0.05) is 0 Å². The monoisotopic (exact) mass is 291 g/mol. The summed E-state index contributed by atoms with van der Waals surface area (Å²) in [4.78, 5) is 24.5. The first-order chi connectivity index (χ1) is 10.1. The molecule has 2 heterocycles. The third-order valence-electron chi connectivity index (χ3n) is 3.57. The minimum atomic E-state index is -0.313. The first kappa shape index (κ1) is 15.4. The Hall–Kier alpha value is -1.98. The van der Waals surface area contributed by atoms with Crippen molar-refractivity contribution in [3.05, 3.63) is 17.8 Å². The summed E-state index contributed by atoms with van der Waals surface area (Å²) < 4.78 is 5.27. The number of carbonyl (C=O) groups excluding carboxylic acids is 2. The number of carbonyl (C=O) groups is 2. The van der Waals surface area contributed by atoms with E-state index in [4.69, 9.17) is 4.74 Å². The number of esters is 1. The molecule has 1 saturated heterocycles. The molecule has 1 aromatic heterocycles. The second-order valence-corrected chi connectivity index (χ2v) is 5.41. The molecule has 0 aliphatic carbocycles. The van der Waals surface area contributed by atoms with E-state index in [0.29, 0.717) is 6.61 Å². The highest BCUT2D eigenvalue weighted by molar-refractivity contribution is 5.80. The van der Waals surface area contributed by atoms with E-state index < -0.39 is 0 Å². The van der Waals surface area contributed by atoms with Gasteiger partial charge in [0.25, 0.3) is 0 Å². The van der Waals surface area contributed by atoms with Crippen molar-refractivity contribution in [2.45, 2.75) is 45.6 Å². The number of aromatic nitrogens is 2. The molecule has 21 heavy (non-hydrogen) atoms. The van der Waals surface area contributed by atoms with Crippen LogP contribution in [0.1, 0.15) is 38.3 Å². The number of hydrogen-bond donors (Lipinski definition) is 0. The number of ether oxygens (including phenoxy) is 1. The molecular formula is C15H21N3O3. The number of nitrogens with zero attached hydrogens (tertiary/aromatic N) is 3. The van der Waals surface area contributed by atoms with Crippen LogP contribution in [0.25, 0.3) is 0 Å². The zero-order valence-electron chi connectivity index (χ0n) is 12.5. The maximum atomic E-state index is 11.6. The maximum absolute atomic E-state index is 11.6. The molecule has 0 spiro atoms. The third kappa shape index (κ3) is 4.51. The lowest BCUT2D eigenvalue weighted by Crippen LogP contribution is -2.34. The molecule has 0 amide bonds. The SMILES string of the molecule is CC(=O)CCC(=O)OC[C@H]1CCCN1c1ccc(C)nn1. The minimum absolute atomic E-state index is 0.00405. The quantitative estimate of drug-likeness (QED) is 0.742. The molecule has 1 aromatic rings. The summed E-state index contributed by atoms with van der Waals surface area (Å²) >= 11 is 0. The van der Waals surface area contributed by atoms with Crippen molar-refractivity contribution in [1.29, 1.82) is 0 Å². The van der Waals surface area contributed by atoms with Gasteiger partial charge in [-0.2, -0.15) is 5.10 Å². The van der Waals surface area contributed by atoms with Crippen molar-refractivity contribution in [2.24, 2.45) is 0 Å². The van der Waals surface area contributed by atoms with Crippen LogP contribution in [0.15, 0.2) is 12.1 Å². The van der Waals surface area contributed by atoms with Crippen LogP contribution in [-0.2, 0) is 14.3 Å². The molecule has 114 valence electrons. The molecule has 1 atom stereocenters. The summed E-state index contributed by atoms with van der Waals surface area (Å²) in [5.74, 6) is 0.513. The lowest BCUT2D eigenvalue weighted by atomic mass is 10.2. The fourth-order valence-corrected chi connectivity index (χ4v) is 2.40. The van der Waals surface area contributed by atoms with Gasteiger partial charge in [0, 0.05) is 13.0 Å². The van der Waals surface area contributed by atoms with Gasteiger partial charge in [0.15, 0.2) is 5.82 Å². The smallest absolute Gasteiger partial charge is 0.306 e. The standard InChI is InChI=1S/C15H21N3O3/c1-11-5-7-14(17-16-11)18-9-3-4-13(18)10-21-15(20)8-6-12(2)19/h5,7,13H,3-4,6,8-10H2,1-2H3/t13-/m1/s1. The highest BCUT2D eigenvalue weighted by Gasteiger charge is 2.27. The molecule has 6 heteroatoms. The number of Topliss-reactive ketones (excluding diaryl/α,β-unsaturated/α-hetero) is 1. The Morgan fingerprint density at radius 3 is 2.81 bits per heavy atom. The second-order valence-electron chi connectivity index (χ2n) is 5.41. The van der Waals surface area contributed by atoms with Crippen LogP contribution in [0.5, 0.6) is 0 Å². The zero-order valence-corrected chi connectivity index (χ0v) is 12.5. The summed E-state index contributed by atoms with van der Waals surface area (Å²) in [5.41, 5.74) is 0.880. The van der Waals surface area contributed by atoms with Gasteiger partial charge in [0.2, 0.25) is 0 Å². The largest absolute Gasteiger partial charge is 0.463 e. The lowest BCUT2D eigenvalue weighted by Gasteiger charge is -2.24. The number of hydrogen-bond acceptors (Lipinski definition) is 6. The number of aryl methyl sites for hydroxylation is 1. The molecule has 2 rings (SSSR count). The van der Waals surface area contributed by atoms with Gasteiger partial charge in [0.1, 0.15) is 12.4 Å². The predicted octanol–water partition coefficient (Wildman–Crippen LogP) is 1.67. The Morgan fingerprint density at radius 2 is 2.14 bits per heavy atom. The predicted molar refractivity (Wildman–Crippen MR) is 78.0 cm³/mol. The average molecular weight is 291 g/mol. The highest BCUT2D eigenvalue weighted by atomic mass is 16.5. The topological polar surface area (TPSA) is 72.4 Å². The Morgan fingerprint density at radius 1 is 1.33 bits per heavy atom. The van der Waals surface area contributed by atoms with E-state index in [0.717, 1.165) is 30.9 Å². The summed E-state index contributed by atoms with van der Waals surface area (Å²) in [7, 11) is 0. The molecule has 0 bridgehead atoms. The average Bonchev–Trinajstić information content (AvgIpc) is 2.92. The van der Waals surface area contributed by atoms with E-state index in [9.17, 15) is 9.59 Å². The van der Waals surface area contributed by atoms with Crippen LogP contribution in [-0.4, -0.2) is 41.1 Å². The van der Waals surface area contributed by atoms with Crippen molar-refractivity contribution in [1.82, 2.24) is 10.2 Å². The van der Waals surface area contributed by atoms with Gasteiger partial charge >= 0.3 is 5.97 Å². The third-order valence-corrected chi connectivity index (χ3v) is 3.57. The van der Waals surface area contributed by atoms with Crippen molar-refractivity contribution in [3.63, 3.8) is 0 Å². The molecule has 0 unspecified atom stereocenters.